The van der Waals surface area contributed by atoms with Crippen LogP contribution < -0.4 is 5.32 Å². The number of rotatable bonds is 4. The number of hydrogen-bond donors (Lipinski definition) is 1. The maximum atomic E-state index is 6.16. The molecule has 96 valence electrons. The Morgan fingerprint density at radius 3 is 2.78 bits per heavy atom. The number of hydrogen-bond acceptors (Lipinski definition) is 3. The second-order valence-corrected chi connectivity index (χ2v) is 5.86. The SMILES string of the molecule is CNC(Cc1sccc1Cl)c1ncc(C)cc1C. The predicted octanol–water partition coefficient (Wildman–Crippen LogP) is 3.92. The average Bonchev–Trinajstić information content (AvgIpc) is 2.73. The van der Waals surface area contributed by atoms with E-state index in [9.17, 15) is 0 Å². The Bertz CT molecular complexity index is 536. The zero-order valence-electron chi connectivity index (χ0n) is 10.8. The molecule has 0 aromatic carbocycles. The molecule has 0 aliphatic rings. The maximum absolute atomic E-state index is 6.16. The van der Waals surface area contributed by atoms with E-state index in [1.807, 2.05) is 24.7 Å². The summed E-state index contributed by atoms with van der Waals surface area (Å²) < 4.78 is 0. The van der Waals surface area contributed by atoms with E-state index in [-0.39, 0.29) is 6.04 Å². The highest BCUT2D eigenvalue weighted by molar-refractivity contribution is 7.10. The summed E-state index contributed by atoms with van der Waals surface area (Å²) in [6.45, 7) is 4.17. The van der Waals surface area contributed by atoms with Crippen LogP contribution in [0.15, 0.2) is 23.7 Å². The molecule has 0 aliphatic carbocycles. The summed E-state index contributed by atoms with van der Waals surface area (Å²) in [5, 5.41) is 6.21. The Kier molecular flexibility index (Phi) is 4.38. The minimum Gasteiger partial charge on any atom is -0.311 e. The van der Waals surface area contributed by atoms with Crippen molar-refractivity contribution in [1.82, 2.24) is 10.3 Å². The topological polar surface area (TPSA) is 24.9 Å². The summed E-state index contributed by atoms with van der Waals surface area (Å²) in [6.07, 6.45) is 2.80. The molecule has 1 unspecified atom stereocenters. The zero-order chi connectivity index (χ0) is 13.1. The molecule has 1 atom stereocenters. The van der Waals surface area contributed by atoms with Crippen LogP contribution in [-0.4, -0.2) is 12.0 Å². The predicted molar refractivity (Wildman–Crippen MR) is 78.5 cm³/mol. The van der Waals surface area contributed by atoms with Gasteiger partial charge in [0.05, 0.1) is 16.8 Å². The van der Waals surface area contributed by atoms with Crippen LogP contribution >= 0.6 is 22.9 Å². The highest BCUT2D eigenvalue weighted by Gasteiger charge is 2.16. The van der Waals surface area contributed by atoms with Gasteiger partial charge in [-0.1, -0.05) is 17.7 Å². The summed E-state index contributed by atoms with van der Waals surface area (Å²) in [5.41, 5.74) is 3.52. The van der Waals surface area contributed by atoms with Crippen LogP contribution in [0.2, 0.25) is 5.02 Å². The molecule has 2 heterocycles. The third kappa shape index (κ3) is 2.91. The molecule has 2 rings (SSSR count). The van der Waals surface area contributed by atoms with Crippen LogP contribution in [-0.2, 0) is 6.42 Å². The fourth-order valence-corrected chi connectivity index (χ4v) is 3.24. The molecule has 0 aliphatic heterocycles. The Morgan fingerprint density at radius 1 is 1.44 bits per heavy atom. The number of nitrogens with zero attached hydrogens (tertiary/aromatic N) is 1. The molecular formula is C14H17ClN2S. The van der Waals surface area contributed by atoms with E-state index in [1.54, 1.807) is 11.3 Å². The molecule has 0 bridgehead atoms. The molecule has 18 heavy (non-hydrogen) atoms. The number of halogens is 1. The van der Waals surface area contributed by atoms with Gasteiger partial charge in [0.1, 0.15) is 0 Å². The average molecular weight is 281 g/mol. The highest BCUT2D eigenvalue weighted by Crippen LogP contribution is 2.28. The molecule has 0 radical (unpaired) electrons. The number of thiophene rings is 1. The Labute approximate surface area is 117 Å². The fraction of sp³-hybridized carbons (Fsp3) is 0.357. The lowest BCUT2D eigenvalue weighted by Gasteiger charge is -2.17. The van der Waals surface area contributed by atoms with Crippen molar-refractivity contribution in [3.63, 3.8) is 0 Å². The van der Waals surface area contributed by atoms with E-state index in [4.69, 9.17) is 11.6 Å². The quantitative estimate of drug-likeness (QED) is 0.918. The van der Waals surface area contributed by atoms with Gasteiger partial charge in [-0.05, 0) is 43.5 Å². The van der Waals surface area contributed by atoms with Gasteiger partial charge < -0.3 is 5.32 Å². The lowest BCUT2D eigenvalue weighted by atomic mass is 10.0. The van der Waals surface area contributed by atoms with Gasteiger partial charge in [0, 0.05) is 17.5 Å². The van der Waals surface area contributed by atoms with E-state index in [0.717, 1.165) is 17.1 Å². The number of pyridine rings is 1. The van der Waals surface area contributed by atoms with Crippen molar-refractivity contribution in [3.8, 4) is 0 Å². The van der Waals surface area contributed by atoms with Gasteiger partial charge in [0.2, 0.25) is 0 Å². The Balaban J connectivity index is 2.26. The van der Waals surface area contributed by atoms with Crippen LogP contribution in [0.25, 0.3) is 0 Å². The van der Waals surface area contributed by atoms with Gasteiger partial charge in [-0.15, -0.1) is 11.3 Å². The molecule has 0 saturated heterocycles. The summed E-state index contributed by atoms with van der Waals surface area (Å²) in [4.78, 5) is 5.76. The summed E-state index contributed by atoms with van der Waals surface area (Å²) in [7, 11) is 1.97. The molecular weight excluding hydrogens is 264 g/mol. The van der Waals surface area contributed by atoms with Gasteiger partial charge in [-0.2, -0.15) is 0 Å². The second-order valence-electron chi connectivity index (χ2n) is 4.45. The monoisotopic (exact) mass is 280 g/mol. The summed E-state index contributed by atoms with van der Waals surface area (Å²) >= 11 is 7.85. The van der Waals surface area contributed by atoms with Crippen molar-refractivity contribution in [1.29, 1.82) is 0 Å². The summed E-state index contributed by atoms with van der Waals surface area (Å²) in [6, 6.07) is 4.33. The Hall–Kier alpha value is -0.900. The first-order valence-electron chi connectivity index (χ1n) is 5.94. The van der Waals surface area contributed by atoms with E-state index < -0.39 is 0 Å². The van der Waals surface area contributed by atoms with Gasteiger partial charge in [0.25, 0.3) is 0 Å². The first-order valence-corrected chi connectivity index (χ1v) is 7.20. The van der Waals surface area contributed by atoms with Crippen molar-refractivity contribution >= 4 is 22.9 Å². The third-order valence-corrected chi connectivity index (χ3v) is 4.42. The number of nitrogens with one attached hydrogen (secondary N) is 1. The molecule has 0 saturated carbocycles. The van der Waals surface area contributed by atoms with Crippen LogP contribution in [0.3, 0.4) is 0 Å². The molecule has 0 fully saturated rings. The molecule has 1 N–H and O–H groups in total. The smallest absolute Gasteiger partial charge is 0.0606 e. The van der Waals surface area contributed by atoms with Crippen molar-refractivity contribution in [3.05, 3.63) is 50.4 Å². The number of likely N-dealkylation sites (N-methyl/N-ethyl adjacent to an activating group) is 1. The van der Waals surface area contributed by atoms with Gasteiger partial charge in [-0.25, -0.2) is 0 Å². The van der Waals surface area contributed by atoms with Crippen molar-refractivity contribution in [2.24, 2.45) is 0 Å². The van der Waals surface area contributed by atoms with Crippen molar-refractivity contribution < 1.29 is 0 Å². The molecule has 2 aromatic heterocycles. The van der Waals surface area contributed by atoms with E-state index in [0.29, 0.717) is 0 Å². The normalized spacial score (nSPS) is 12.7. The molecule has 4 heteroatoms. The molecule has 2 aromatic rings. The van der Waals surface area contributed by atoms with E-state index in [2.05, 4.69) is 30.2 Å². The highest BCUT2D eigenvalue weighted by atomic mass is 35.5. The van der Waals surface area contributed by atoms with Crippen molar-refractivity contribution in [2.75, 3.05) is 7.05 Å². The standard InChI is InChI=1S/C14H17ClN2S/c1-9-6-10(2)14(17-8-9)12(16-3)7-13-11(15)4-5-18-13/h4-6,8,12,16H,7H2,1-3H3. The van der Waals surface area contributed by atoms with Crippen LogP contribution in [0.5, 0.6) is 0 Å². The van der Waals surface area contributed by atoms with Crippen LogP contribution in [0.1, 0.15) is 27.7 Å². The van der Waals surface area contributed by atoms with E-state index >= 15 is 0 Å². The molecule has 0 spiro atoms. The van der Waals surface area contributed by atoms with Crippen LogP contribution in [0, 0.1) is 13.8 Å². The van der Waals surface area contributed by atoms with Crippen molar-refractivity contribution in [2.45, 2.75) is 26.3 Å². The van der Waals surface area contributed by atoms with Gasteiger partial charge in [0.15, 0.2) is 0 Å². The van der Waals surface area contributed by atoms with Gasteiger partial charge in [-0.3, -0.25) is 4.98 Å². The van der Waals surface area contributed by atoms with Gasteiger partial charge >= 0.3 is 0 Å². The minimum atomic E-state index is 0.210. The summed E-state index contributed by atoms with van der Waals surface area (Å²) in [5.74, 6) is 0. The lowest BCUT2D eigenvalue weighted by Crippen LogP contribution is -2.21. The number of aromatic nitrogens is 1. The lowest BCUT2D eigenvalue weighted by molar-refractivity contribution is 0.576. The maximum Gasteiger partial charge on any atom is 0.0606 e. The van der Waals surface area contributed by atoms with Crippen LogP contribution in [0.4, 0.5) is 0 Å². The first kappa shape index (κ1) is 13.5. The third-order valence-electron chi connectivity index (χ3n) is 3.01. The first-order chi connectivity index (χ1) is 8.61. The Morgan fingerprint density at radius 2 is 2.22 bits per heavy atom. The van der Waals surface area contributed by atoms with E-state index in [1.165, 1.54) is 16.0 Å². The number of aryl methyl sites for hydroxylation is 2. The fourth-order valence-electron chi connectivity index (χ4n) is 2.08. The minimum absolute atomic E-state index is 0.210. The molecule has 2 nitrogen and oxygen atoms in total. The zero-order valence-corrected chi connectivity index (χ0v) is 12.4. The largest absolute Gasteiger partial charge is 0.311 e. The molecule has 0 amide bonds. The second kappa shape index (κ2) is 5.83.